The third-order valence-electron chi connectivity index (χ3n) is 6.62. The van der Waals surface area contributed by atoms with Crippen molar-refractivity contribution in [3.05, 3.63) is 61.7 Å². The van der Waals surface area contributed by atoms with Crippen molar-refractivity contribution in [1.29, 1.82) is 5.26 Å². The Hall–Kier alpha value is -3.57. The minimum absolute atomic E-state index is 0.0115. The predicted molar refractivity (Wildman–Crippen MR) is 161 cm³/mol. The van der Waals surface area contributed by atoms with Crippen LogP contribution in [0.4, 0.5) is 10.8 Å². The van der Waals surface area contributed by atoms with Gasteiger partial charge in [0, 0.05) is 33.5 Å². The Balaban J connectivity index is 1.38. The van der Waals surface area contributed by atoms with Crippen LogP contribution < -0.4 is 25.4 Å². The second-order valence-corrected chi connectivity index (χ2v) is 13.0. The monoisotopic (exact) mass is 628 g/mol. The number of halogens is 1. The number of carbonyl (C=O) groups is 2. The molecular weight excluding hydrogens is 604 g/mol. The Morgan fingerprint density at radius 3 is 2.71 bits per heavy atom. The minimum Gasteiger partial charge on any atom is -0.495 e. The van der Waals surface area contributed by atoms with Crippen LogP contribution in [-0.2, 0) is 9.59 Å². The highest BCUT2D eigenvalue weighted by Gasteiger charge is 2.41. The van der Waals surface area contributed by atoms with E-state index in [4.69, 9.17) is 26.8 Å². The summed E-state index contributed by atoms with van der Waals surface area (Å²) in [4.78, 5) is 29.7. The fourth-order valence-electron chi connectivity index (χ4n) is 4.82. The lowest BCUT2D eigenvalue weighted by molar-refractivity contribution is -0.116. The first-order chi connectivity index (χ1) is 19.7. The highest BCUT2D eigenvalue weighted by Crippen LogP contribution is 2.48. The van der Waals surface area contributed by atoms with Crippen LogP contribution in [0.5, 0.6) is 11.5 Å². The number of aryl methyl sites for hydroxylation is 1. The maximum atomic E-state index is 13.2. The minimum atomic E-state index is -0.494. The van der Waals surface area contributed by atoms with Crippen molar-refractivity contribution in [2.75, 3.05) is 30.2 Å². The zero-order chi connectivity index (χ0) is 29.3. The number of thioether (sulfide) groups is 1. The molecule has 14 heteroatoms. The summed E-state index contributed by atoms with van der Waals surface area (Å²) in [5.41, 5.74) is 8.69. The van der Waals surface area contributed by atoms with Gasteiger partial charge in [-0.3, -0.25) is 14.5 Å². The van der Waals surface area contributed by atoms with Gasteiger partial charge in [-0.15, -0.1) is 21.5 Å². The molecule has 1 amide bonds. The molecule has 2 aliphatic rings. The lowest BCUT2D eigenvalue weighted by atomic mass is 9.78. The number of Topliss-reactive ketones (excluding diaryl/α,β-unsaturated/α-hetero) is 1. The Kier molecular flexibility index (Phi) is 8.55. The molecule has 0 fully saturated rings. The first-order valence-electron chi connectivity index (χ1n) is 12.5. The summed E-state index contributed by atoms with van der Waals surface area (Å²) < 4.78 is 11.1. The number of ether oxygens (including phenoxy) is 2. The number of nitrogens with zero attached hydrogens (tertiary/aromatic N) is 4. The number of aromatic nitrogens is 2. The molecule has 0 radical (unpaired) electrons. The van der Waals surface area contributed by atoms with Crippen LogP contribution in [0.15, 0.2) is 51.3 Å². The summed E-state index contributed by atoms with van der Waals surface area (Å²) in [6, 6.07) is 9.35. The molecule has 0 bridgehead atoms. The van der Waals surface area contributed by atoms with Gasteiger partial charge in [0.25, 0.3) is 0 Å². The van der Waals surface area contributed by atoms with Crippen LogP contribution in [-0.4, -0.2) is 41.9 Å². The SMILES string of the molecule is COc1cc(OC)c(NC(=O)CSc2nnc(N3C(N)=C(C#N)C(c4ccc(C)s4)C4=C3CCCC4=O)s2)cc1Cl. The highest BCUT2D eigenvalue weighted by molar-refractivity contribution is 8.01. The van der Waals surface area contributed by atoms with Crippen molar-refractivity contribution in [1.82, 2.24) is 10.2 Å². The van der Waals surface area contributed by atoms with Crippen LogP contribution in [0, 0.1) is 18.3 Å². The molecule has 41 heavy (non-hydrogen) atoms. The predicted octanol–water partition coefficient (Wildman–Crippen LogP) is 5.61. The maximum Gasteiger partial charge on any atom is 0.234 e. The van der Waals surface area contributed by atoms with Crippen molar-refractivity contribution < 1.29 is 19.1 Å². The largest absolute Gasteiger partial charge is 0.495 e. The number of nitrogens with two attached hydrogens (primary N) is 1. The Morgan fingerprint density at radius 2 is 2.02 bits per heavy atom. The van der Waals surface area contributed by atoms with Gasteiger partial charge in [0.1, 0.15) is 17.3 Å². The molecule has 0 saturated carbocycles. The van der Waals surface area contributed by atoms with E-state index in [1.807, 2.05) is 19.1 Å². The molecule has 1 aliphatic heterocycles. The molecule has 1 atom stereocenters. The number of amides is 1. The molecular formula is C27H25ClN6O4S3. The first kappa shape index (κ1) is 28.9. The van der Waals surface area contributed by atoms with E-state index in [2.05, 4.69) is 21.6 Å². The highest BCUT2D eigenvalue weighted by atomic mass is 35.5. The van der Waals surface area contributed by atoms with Crippen LogP contribution in [0.3, 0.4) is 0 Å². The number of rotatable bonds is 8. The number of allylic oxidation sites excluding steroid dienone is 3. The third kappa shape index (κ3) is 5.65. The van der Waals surface area contributed by atoms with E-state index in [-0.39, 0.29) is 23.3 Å². The van der Waals surface area contributed by atoms with Crippen LogP contribution in [0.25, 0.3) is 0 Å². The molecule has 3 aromatic rings. The lowest BCUT2D eigenvalue weighted by Crippen LogP contribution is -2.38. The van der Waals surface area contributed by atoms with E-state index in [0.29, 0.717) is 62.1 Å². The first-order valence-corrected chi connectivity index (χ1v) is 15.5. The number of ketones is 1. The number of nitriles is 1. The van der Waals surface area contributed by atoms with Gasteiger partial charge in [0.2, 0.25) is 11.0 Å². The second-order valence-electron chi connectivity index (χ2n) is 9.14. The topological polar surface area (TPSA) is 143 Å². The van der Waals surface area contributed by atoms with Crippen molar-refractivity contribution in [2.24, 2.45) is 5.73 Å². The molecule has 3 heterocycles. The standard InChI is InChI=1S/C27H25ClN6O4S3/c1-13-7-8-21(40-13)23-14(11-29)25(30)34(17-5-4-6-18(35)24(17)23)26-32-33-27(41-26)39-12-22(36)31-16-9-15(28)19(37-2)10-20(16)38-3/h7-10,23H,4-6,12,30H2,1-3H3,(H,31,36). The average molecular weight is 629 g/mol. The Morgan fingerprint density at radius 1 is 1.24 bits per heavy atom. The summed E-state index contributed by atoms with van der Waals surface area (Å²) in [5.74, 6) is 0.341. The zero-order valence-corrected chi connectivity index (χ0v) is 25.5. The number of hydrogen-bond acceptors (Lipinski definition) is 12. The van der Waals surface area contributed by atoms with E-state index in [1.165, 1.54) is 37.3 Å². The van der Waals surface area contributed by atoms with Gasteiger partial charge in [-0.25, -0.2) is 0 Å². The summed E-state index contributed by atoms with van der Waals surface area (Å²) in [7, 11) is 2.98. The van der Waals surface area contributed by atoms with Crippen molar-refractivity contribution in [2.45, 2.75) is 36.4 Å². The van der Waals surface area contributed by atoms with Crippen LogP contribution in [0.1, 0.15) is 34.9 Å². The molecule has 5 rings (SSSR count). The number of nitrogens with one attached hydrogen (secondary N) is 1. The third-order valence-corrected chi connectivity index (χ3v) is 10.0. The zero-order valence-electron chi connectivity index (χ0n) is 22.3. The van der Waals surface area contributed by atoms with Gasteiger partial charge in [-0.2, -0.15) is 5.26 Å². The van der Waals surface area contributed by atoms with Crippen LogP contribution >= 0.6 is 46.0 Å². The van der Waals surface area contributed by atoms with Crippen molar-refractivity contribution in [3.63, 3.8) is 0 Å². The molecule has 1 unspecified atom stereocenters. The van der Waals surface area contributed by atoms with Gasteiger partial charge >= 0.3 is 0 Å². The van der Waals surface area contributed by atoms with Gasteiger partial charge < -0.3 is 20.5 Å². The Labute approximate surface area is 253 Å². The van der Waals surface area contributed by atoms with Crippen molar-refractivity contribution >= 4 is 68.5 Å². The quantitative estimate of drug-likeness (QED) is 0.302. The molecule has 0 saturated heterocycles. The molecule has 0 spiro atoms. The Bertz CT molecular complexity index is 1640. The number of carbonyl (C=O) groups excluding carboxylic acids is 2. The number of hydrogen-bond donors (Lipinski definition) is 2. The van der Waals surface area contributed by atoms with E-state index in [0.717, 1.165) is 15.5 Å². The fourth-order valence-corrected chi connectivity index (χ4v) is 7.74. The summed E-state index contributed by atoms with van der Waals surface area (Å²) >= 11 is 10.2. The smallest absolute Gasteiger partial charge is 0.234 e. The van der Waals surface area contributed by atoms with Gasteiger partial charge in [-0.1, -0.05) is 34.7 Å². The molecule has 212 valence electrons. The number of benzene rings is 1. The van der Waals surface area contributed by atoms with E-state index >= 15 is 0 Å². The summed E-state index contributed by atoms with van der Waals surface area (Å²) in [6.45, 7) is 1.99. The maximum absolute atomic E-state index is 13.2. The average Bonchev–Trinajstić information content (AvgIpc) is 3.60. The molecule has 1 aromatic carbocycles. The number of thiophene rings is 1. The van der Waals surface area contributed by atoms with Gasteiger partial charge in [0.15, 0.2) is 10.1 Å². The lowest BCUT2D eigenvalue weighted by Gasteiger charge is -2.37. The molecule has 10 nitrogen and oxygen atoms in total. The molecule has 3 N–H and O–H groups in total. The fraction of sp³-hybridized carbons (Fsp3) is 0.296. The summed E-state index contributed by atoms with van der Waals surface area (Å²) in [6.07, 6.45) is 1.72. The van der Waals surface area contributed by atoms with E-state index in [1.54, 1.807) is 28.4 Å². The normalized spacial score (nSPS) is 16.9. The molecule has 2 aromatic heterocycles. The van der Waals surface area contributed by atoms with Crippen molar-refractivity contribution in [3.8, 4) is 17.6 Å². The van der Waals surface area contributed by atoms with Crippen LogP contribution in [0.2, 0.25) is 5.02 Å². The number of anilines is 2. The van der Waals surface area contributed by atoms with E-state index < -0.39 is 5.92 Å². The number of methoxy groups -OCH3 is 2. The second kappa shape index (κ2) is 12.1. The van der Waals surface area contributed by atoms with E-state index in [9.17, 15) is 14.9 Å². The van der Waals surface area contributed by atoms with Gasteiger partial charge in [-0.05, 0) is 38.0 Å². The van der Waals surface area contributed by atoms with Gasteiger partial charge in [0.05, 0.1) is 48.2 Å². The molecule has 1 aliphatic carbocycles. The summed E-state index contributed by atoms with van der Waals surface area (Å²) in [5, 5.41) is 22.3.